The van der Waals surface area contributed by atoms with Gasteiger partial charge in [0.05, 0.1) is 0 Å². The fourth-order valence-corrected chi connectivity index (χ4v) is 3.84. The minimum Gasteiger partial charge on any atom is -0.320 e. The lowest BCUT2D eigenvalue weighted by Gasteiger charge is -2.05. The summed E-state index contributed by atoms with van der Waals surface area (Å²) >= 11 is 0. The Balaban J connectivity index is 0.000000749. The summed E-state index contributed by atoms with van der Waals surface area (Å²) in [5, 5.41) is 0. The first-order valence-electron chi connectivity index (χ1n) is 12.7. The Morgan fingerprint density at radius 1 is 0.679 bits per heavy atom. The summed E-state index contributed by atoms with van der Waals surface area (Å²) in [5.74, 6) is 0.208. The number of nitrogens with zero attached hydrogens (tertiary/aromatic N) is 1. The van der Waals surface area contributed by atoms with Crippen molar-refractivity contribution in [3.63, 3.8) is 0 Å². The smallest absolute Gasteiger partial charge is 0.226 e. The first-order chi connectivity index (χ1) is 13.8. The van der Waals surface area contributed by atoms with Gasteiger partial charge in [0.15, 0.2) is 0 Å². The van der Waals surface area contributed by atoms with Crippen LogP contribution in [0.2, 0.25) is 0 Å². The van der Waals surface area contributed by atoms with Crippen molar-refractivity contribution in [2.75, 3.05) is 6.54 Å². The molecular formula is C26H51NO. The Morgan fingerprint density at radius 3 is 1.18 bits per heavy atom. The van der Waals surface area contributed by atoms with Gasteiger partial charge in [-0.2, -0.15) is 0 Å². The summed E-state index contributed by atoms with van der Waals surface area (Å²) in [4.78, 5) is 12.3. The van der Waals surface area contributed by atoms with Crippen molar-refractivity contribution < 1.29 is 4.79 Å². The molecule has 28 heavy (non-hydrogen) atoms. The van der Waals surface area contributed by atoms with Crippen LogP contribution in [0, 0.1) is 0 Å². The molecule has 0 radical (unpaired) electrons. The summed E-state index contributed by atoms with van der Waals surface area (Å²) in [6.07, 6.45) is 29.7. The number of carbonyl (C=O) groups excluding carboxylic acids is 1. The maximum atomic E-state index is 10.7. The first kappa shape index (κ1) is 27.2. The number of rotatable bonds is 18. The molecule has 2 heteroatoms. The highest BCUT2D eigenvalue weighted by atomic mass is 16.2. The Hall–Kier alpha value is -0.790. The highest BCUT2D eigenvalue weighted by Crippen LogP contribution is 2.14. The summed E-state index contributed by atoms with van der Waals surface area (Å²) in [6, 6.07) is 0. The lowest BCUT2D eigenvalue weighted by molar-refractivity contribution is -0.125. The average Bonchev–Trinajstić information content (AvgIpc) is 3.13. The summed E-state index contributed by atoms with van der Waals surface area (Å²) in [5.41, 5.74) is 0. The second-order valence-corrected chi connectivity index (χ2v) is 8.53. The van der Waals surface area contributed by atoms with Crippen molar-refractivity contribution >= 4 is 5.91 Å². The highest BCUT2D eigenvalue weighted by Gasteiger charge is 2.16. The zero-order valence-electron chi connectivity index (χ0n) is 19.5. The minimum absolute atomic E-state index is 0.208. The molecule has 1 heterocycles. The van der Waals surface area contributed by atoms with Gasteiger partial charge in [-0.3, -0.25) is 4.79 Å². The van der Waals surface area contributed by atoms with E-state index in [2.05, 4.69) is 20.4 Å². The maximum absolute atomic E-state index is 10.7. The third kappa shape index (κ3) is 18.6. The van der Waals surface area contributed by atoms with E-state index in [9.17, 15) is 4.79 Å². The van der Waals surface area contributed by atoms with Gasteiger partial charge in [0, 0.05) is 13.0 Å². The molecule has 0 saturated carbocycles. The molecule has 1 rings (SSSR count). The second-order valence-electron chi connectivity index (χ2n) is 8.53. The van der Waals surface area contributed by atoms with E-state index in [0.717, 1.165) is 13.0 Å². The predicted molar refractivity (Wildman–Crippen MR) is 126 cm³/mol. The van der Waals surface area contributed by atoms with Crippen LogP contribution in [-0.2, 0) is 4.79 Å². The Kier molecular flexibility index (Phi) is 21.9. The Labute approximate surface area is 177 Å². The standard InChI is InChI=1S/C20H42.C6H9NO/c1-3-5-7-9-11-13-15-17-19-20-18-16-14-12-10-8-6-4-2;1-2-7-5-3-4-6(7)8/h3-20H2,1-2H3;2H,1,3-5H2. The van der Waals surface area contributed by atoms with E-state index in [-0.39, 0.29) is 5.91 Å². The van der Waals surface area contributed by atoms with Crippen molar-refractivity contribution in [2.45, 2.75) is 142 Å². The topological polar surface area (TPSA) is 20.3 Å². The number of hydrogen-bond acceptors (Lipinski definition) is 1. The van der Waals surface area contributed by atoms with Crippen molar-refractivity contribution in [1.82, 2.24) is 4.90 Å². The summed E-state index contributed by atoms with van der Waals surface area (Å²) in [7, 11) is 0. The highest BCUT2D eigenvalue weighted by molar-refractivity contribution is 5.78. The van der Waals surface area contributed by atoms with Gasteiger partial charge in [-0.15, -0.1) is 0 Å². The van der Waals surface area contributed by atoms with Gasteiger partial charge in [0.2, 0.25) is 5.91 Å². The zero-order chi connectivity index (χ0) is 20.7. The van der Waals surface area contributed by atoms with Crippen LogP contribution in [0.25, 0.3) is 0 Å². The molecule has 1 aliphatic rings. The summed E-state index contributed by atoms with van der Waals surface area (Å²) in [6.45, 7) is 8.96. The van der Waals surface area contributed by atoms with Gasteiger partial charge in [-0.05, 0) is 12.6 Å². The van der Waals surface area contributed by atoms with E-state index in [4.69, 9.17) is 0 Å². The molecule has 0 unspecified atom stereocenters. The molecule has 1 fully saturated rings. The summed E-state index contributed by atoms with van der Waals surface area (Å²) < 4.78 is 0. The second kappa shape index (κ2) is 22.5. The Bertz CT molecular complexity index is 321. The third-order valence-corrected chi connectivity index (χ3v) is 5.79. The SMILES string of the molecule is C=CN1CCCC1=O.CCCCCCCCCCCCCCCCCCCC. The van der Waals surface area contributed by atoms with E-state index >= 15 is 0 Å². The van der Waals surface area contributed by atoms with Gasteiger partial charge in [-0.1, -0.05) is 136 Å². The van der Waals surface area contributed by atoms with Crippen molar-refractivity contribution in [1.29, 1.82) is 0 Å². The average molecular weight is 394 g/mol. The molecule has 166 valence electrons. The maximum Gasteiger partial charge on any atom is 0.226 e. The molecule has 0 N–H and O–H groups in total. The fourth-order valence-electron chi connectivity index (χ4n) is 3.84. The quantitative estimate of drug-likeness (QED) is 0.213. The van der Waals surface area contributed by atoms with Gasteiger partial charge in [0.25, 0.3) is 0 Å². The molecule has 1 amide bonds. The van der Waals surface area contributed by atoms with Crippen LogP contribution >= 0.6 is 0 Å². The van der Waals surface area contributed by atoms with Gasteiger partial charge in [0.1, 0.15) is 0 Å². The van der Waals surface area contributed by atoms with E-state index in [1.807, 2.05) is 0 Å². The van der Waals surface area contributed by atoms with E-state index in [1.165, 1.54) is 116 Å². The number of unbranched alkanes of at least 4 members (excludes halogenated alkanes) is 17. The fraction of sp³-hybridized carbons (Fsp3) is 0.885. The van der Waals surface area contributed by atoms with Gasteiger partial charge in [-0.25, -0.2) is 0 Å². The van der Waals surface area contributed by atoms with Gasteiger partial charge < -0.3 is 4.90 Å². The molecule has 0 aliphatic carbocycles. The van der Waals surface area contributed by atoms with E-state index < -0.39 is 0 Å². The molecule has 2 nitrogen and oxygen atoms in total. The third-order valence-electron chi connectivity index (χ3n) is 5.79. The molecule has 0 aromatic rings. The van der Waals surface area contributed by atoms with Gasteiger partial charge >= 0.3 is 0 Å². The molecule has 0 spiro atoms. The van der Waals surface area contributed by atoms with Crippen LogP contribution in [0.4, 0.5) is 0 Å². The van der Waals surface area contributed by atoms with Crippen molar-refractivity contribution in [3.05, 3.63) is 12.8 Å². The predicted octanol–water partition coefficient (Wildman–Crippen LogP) is 8.80. The molecule has 0 atom stereocenters. The van der Waals surface area contributed by atoms with Crippen molar-refractivity contribution in [3.8, 4) is 0 Å². The first-order valence-corrected chi connectivity index (χ1v) is 12.7. The van der Waals surface area contributed by atoms with Crippen LogP contribution in [0.3, 0.4) is 0 Å². The van der Waals surface area contributed by atoms with Crippen molar-refractivity contribution in [2.24, 2.45) is 0 Å². The van der Waals surface area contributed by atoms with E-state index in [0.29, 0.717) is 6.42 Å². The van der Waals surface area contributed by atoms with E-state index in [1.54, 1.807) is 11.1 Å². The van der Waals surface area contributed by atoms with Crippen LogP contribution in [0.1, 0.15) is 142 Å². The lowest BCUT2D eigenvalue weighted by atomic mass is 10.0. The largest absolute Gasteiger partial charge is 0.320 e. The van der Waals surface area contributed by atoms with Crippen LogP contribution in [0.5, 0.6) is 0 Å². The number of likely N-dealkylation sites (tertiary alicyclic amines) is 1. The minimum atomic E-state index is 0.208. The van der Waals surface area contributed by atoms with Crippen LogP contribution < -0.4 is 0 Å². The number of amides is 1. The number of carbonyl (C=O) groups is 1. The van der Waals surface area contributed by atoms with Crippen LogP contribution in [-0.4, -0.2) is 17.4 Å². The molecule has 1 saturated heterocycles. The van der Waals surface area contributed by atoms with Crippen LogP contribution in [0.15, 0.2) is 12.8 Å². The molecule has 0 bridgehead atoms. The molecule has 0 aromatic heterocycles. The molecular weight excluding hydrogens is 342 g/mol. The molecule has 1 aliphatic heterocycles. The Morgan fingerprint density at radius 2 is 1.00 bits per heavy atom. The lowest BCUT2D eigenvalue weighted by Crippen LogP contribution is -2.16. The normalized spacial score (nSPS) is 13.5. The monoisotopic (exact) mass is 393 g/mol. The zero-order valence-corrected chi connectivity index (χ0v) is 19.5. The number of hydrogen-bond donors (Lipinski definition) is 0. The molecule has 0 aromatic carbocycles.